The molecule has 1 amide bonds. The van der Waals surface area contributed by atoms with E-state index in [1.165, 1.54) is 0 Å². The summed E-state index contributed by atoms with van der Waals surface area (Å²) < 4.78 is 11.2. The first-order valence-electron chi connectivity index (χ1n) is 9.74. The lowest BCUT2D eigenvalue weighted by Gasteiger charge is -2.37. The number of guanidine groups is 1. The van der Waals surface area contributed by atoms with Gasteiger partial charge in [0.15, 0.2) is 5.96 Å². The fraction of sp³-hybridized carbons (Fsp3) is 0.632. The van der Waals surface area contributed by atoms with E-state index in [0.717, 1.165) is 44.2 Å². The number of pyridine rings is 1. The van der Waals surface area contributed by atoms with Crippen molar-refractivity contribution < 1.29 is 14.3 Å². The highest BCUT2D eigenvalue weighted by Crippen LogP contribution is 2.16. The van der Waals surface area contributed by atoms with E-state index < -0.39 is 0 Å². The van der Waals surface area contributed by atoms with Gasteiger partial charge in [-0.3, -0.25) is 9.78 Å². The minimum atomic E-state index is -0.233. The van der Waals surface area contributed by atoms with Gasteiger partial charge in [-0.25, -0.2) is 4.99 Å². The van der Waals surface area contributed by atoms with E-state index in [9.17, 15) is 4.79 Å². The number of rotatable bonds is 6. The Morgan fingerprint density at radius 3 is 2.79 bits per heavy atom. The van der Waals surface area contributed by atoms with E-state index >= 15 is 0 Å². The molecule has 1 aromatic heterocycles. The minimum Gasteiger partial charge on any atom is -0.490 e. The van der Waals surface area contributed by atoms with Crippen LogP contribution >= 0.6 is 24.0 Å². The summed E-state index contributed by atoms with van der Waals surface area (Å²) in [7, 11) is 0. The summed E-state index contributed by atoms with van der Waals surface area (Å²) in [6.45, 7) is 7.57. The molecule has 1 aromatic rings. The van der Waals surface area contributed by atoms with Gasteiger partial charge in [-0.15, -0.1) is 24.0 Å². The van der Waals surface area contributed by atoms with E-state index in [1.54, 1.807) is 12.4 Å². The van der Waals surface area contributed by atoms with Crippen LogP contribution in [0.3, 0.4) is 0 Å². The third kappa shape index (κ3) is 6.47. The van der Waals surface area contributed by atoms with Crippen molar-refractivity contribution in [2.45, 2.75) is 25.9 Å². The second-order valence-electron chi connectivity index (χ2n) is 6.59. The van der Waals surface area contributed by atoms with Crippen molar-refractivity contribution in [2.75, 3.05) is 52.5 Å². The van der Waals surface area contributed by atoms with Gasteiger partial charge in [-0.05, 0) is 31.9 Å². The van der Waals surface area contributed by atoms with E-state index in [0.29, 0.717) is 32.8 Å². The Morgan fingerprint density at radius 1 is 1.36 bits per heavy atom. The molecule has 0 aliphatic carbocycles. The Bertz CT molecular complexity index is 617. The summed E-state index contributed by atoms with van der Waals surface area (Å²) in [6.07, 6.45) is 5.01. The van der Waals surface area contributed by atoms with Gasteiger partial charge in [0.2, 0.25) is 0 Å². The van der Waals surface area contributed by atoms with E-state index in [2.05, 4.69) is 27.1 Å². The third-order valence-electron chi connectivity index (χ3n) is 4.69. The fourth-order valence-corrected chi connectivity index (χ4v) is 3.29. The predicted octanol–water partition coefficient (Wildman–Crippen LogP) is 1.37. The lowest BCUT2D eigenvalue weighted by Crippen LogP contribution is -2.55. The molecule has 0 saturated carbocycles. The van der Waals surface area contributed by atoms with Gasteiger partial charge in [0.1, 0.15) is 18.5 Å². The van der Waals surface area contributed by atoms with Gasteiger partial charge in [-0.2, -0.15) is 0 Å². The number of nitrogens with zero attached hydrogens (tertiary/aromatic N) is 4. The van der Waals surface area contributed by atoms with Gasteiger partial charge >= 0.3 is 0 Å². The Balaban J connectivity index is 0.00000280. The van der Waals surface area contributed by atoms with Crippen LogP contribution in [-0.2, 0) is 9.53 Å². The van der Waals surface area contributed by atoms with Crippen molar-refractivity contribution in [3.8, 4) is 5.75 Å². The first-order valence-corrected chi connectivity index (χ1v) is 9.74. The Hall–Kier alpha value is -1.62. The molecule has 0 bridgehead atoms. The van der Waals surface area contributed by atoms with Crippen LogP contribution in [0, 0.1) is 0 Å². The number of carbonyl (C=O) groups is 1. The monoisotopic (exact) mass is 503 g/mol. The Labute approximate surface area is 183 Å². The van der Waals surface area contributed by atoms with Crippen molar-refractivity contribution in [1.82, 2.24) is 20.1 Å². The molecule has 8 nitrogen and oxygen atoms in total. The fourth-order valence-electron chi connectivity index (χ4n) is 3.29. The average Bonchev–Trinajstić information content (AvgIpc) is 3.26. The first-order chi connectivity index (χ1) is 13.3. The molecule has 156 valence electrons. The number of carbonyl (C=O) groups excluding carboxylic acids is 1. The first kappa shape index (κ1) is 22.7. The highest BCUT2D eigenvalue weighted by Gasteiger charge is 2.30. The molecule has 28 heavy (non-hydrogen) atoms. The van der Waals surface area contributed by atoms with Crippen LogP contribution in [0.1, 0.15) is 19.8 Å². The zero-order chi connectivity index (χ0) is 18.9. The van der Waals surface area contributed by atoms with Gasteiger partial charge in [0.25, 0.3) is 5.91 Å². The molecule has 3 heterocycles. The smallest absolute Gasteiger partial charge is 0.251 e. The topological polar surface area (TPSA) is 79.3 Å². The number of amides is 1. The summed E-state index contributed by atoms with van der Waals surface area (Å²) in [6, 6.07) is 3.73. The zero-order valence-corrected chi connectivity index (χ0v) is 18.7. The average molecular weight is 503 g/mol. The molecular weight excluding hydrogens is 473 g/mol. The number of aliphatic imine (C=N–C) groups is 1. The molecule has 9 heteroatoms. The lowest BCUT2D eigenvalue weighted by atomic mass is 10.2. The Kier molecular flexibility index (Phi) is 9.76. The molecule has 0 radical (unpaired) electrons. The number of ether oxygens (including phenoxy) is 2. The van der Waals surface area contributed by atoms with Gasteiger partial charge in [-0.1, -0.05) is 0 Å². The summed E-state index contributed by atoms with van der Waals surface area (Å²) >= 11 is 0. The highest BCUT2D eigenvalue weighted by atomic mass is 127. The summed E-state index contributed by atoms with van der Waals surface area (Å²) in [5.74, 6) is 1.76. The summed E-state index contributed by atoms with van der Waals surface area (Å²) in [5, 5.41) is 3.33. The van der Waals surface area contributed by atoms with Gasteiger partial charge in [0, 0.05) is 45.5 Å². The predicted molar refractivity (Wildman–Crippen MR) is 118 cm³/mol. The largest absolute Gasteiger partial charge is 0.490 e. The van der Waals surface area contributed by atoms with Gasteiger partial charge in [0.05, 0.1) is 12.7 Å². The maximum Gasteiger partial charge on any atom is 0.251 e. The molecule has 2 fully saturated rings. The number of piperazine rings is 1. The molecule has 2 saturated heterocycles. The second-order valence-corrected chi connectivity index (χ2v) is 6.59. The van der Waals surface area contributed by atoms with Gasteiger partial charge < -0.3 is 24.6 Å². The second kappa shape index (κ2) is 12.1. The number of hydrogen-bond acceptors (Lipinski definition) is 5. The summed E-state index contributed by atoms with van der Waals surface area (Å²) in [4.78, 5) is 25.3. The van der Waals surface area contributed by atoms with Crippen LogP contribution in [0.2, 0.25) is 0 Å². The molecular formula is C19H30IN5O3. The highest BCUT2D eigenvalue weighted by molar-refractivity contribution is 14.0. The van der Waals surface area contributed by atoms with Crippen molar-refractivity contribution in [3.05, 3.63) is 24.5 Å². The normalized spacial score (nSPS) is 19.9. The van der Waals surface area contributed by atoms with E-state index in [-0.39, 0.29) is 36.0 Å². The van der Waals surface area contributed by atoms with Crippen LogP contribution in [0.25, 0.3) is 0 Å². The summed E-state index contributed by atoms with van der Waals surface area (Å²) in [5.41, 5.74) is 0. The van der Waals surface area contributed by atoms with Crippen LogP contribution < -0.4 is 10.1 Å². The number of aromatic nitrogens is 1. The van der Waals surface area contributed by atoms with Crippen LogP contribution in [-0.4, -0.2) is 85.2 Å². The zero-order valence-electron chi connectivity index (χ0n) is 16.4. The molecule has 1 atom stereocenters. The minimum absolute atomic E-state index is 0. The maximum atomic E-state index is 12.5. The quantitative estimate of drug-likeness (QED) is 0.274. The van der Waals surface area contributed by atoms with Crippen LogP contribution in [0.5, 0.6) is 5.75 Å². The van der Waals surface area contributed by atoms with Crippen molar-refractivity contribution >= 4 is 35.8 Å². The molecule has 1 unspecified atom stereocenters. The molecule has 0 aromatic carbocycles. The van der Waals surface area contributed by atoms with Crippen molar-refractivity contribution in [2.24, 2.45) is 4.99 Å². The van der Waals surface area contributed by atoms with Crippen LogP contribution in [0.4, 0.5) is 0 Å². The van der Waals surface area contributed by atoms with Crippen LogP contribution in [0.15, 0.2) is 29.5 Å². The standard InChI is InChI=1S/C19H29N5O3.HI/c1-2-21-19(22-8-14-26-16-5-3-7-20-15-16)24-11-9-23(10-12-24)18(25)17-6-4-13-27-17;/h3,5,7,15,17H,2,4,6,8-14H2,1H3,(H,21,22);1H. The molecule has 3 rings (SSSR count). The van der Waals surface area contributed by atoms with E-state index in [4.69, 9.17) is 9.47 Å². The van der Waals surface area contributed by atoms with Crippen molar-refractivity contribution in [3.63, 3.8) is 0 Å². The lowest BCUT2D eigenvalue weighted by molar-refractivity contribution is -0.142. The van der Waals surface area contributed by atoms with E-state index in [1.807, 2.05) is 17.0 Å². The molecule has 0 spiro atoms. The molecule has 1 N–H and O–H groups in total. The number of hydrogen-bond donors (Lipinski definition) is 1. The Morgan fingerprint density at radius 2 is 2.14 bits per heavy atom. The molecule has 2 aliphatic rings. The number of nitrogens with one attached hydrogen (secondary N) is 1. The van der Waals surface area contributed by atoms with Crippen molar-refractivity contribution in [1.29, 1.82) is 0 Å². The maximum absolute atomic E-state index is 12.5. The SMILES string of the molecule is CCNC(=NCCOc1cccnc1)N1CCN(C(=O)C2CCCO2)CC1.I. The third-order valence-corrected chi connectivity index (χ3v) is 4.69. The molecule has 2 aliphatic heterocycles. The number of halogens is 1.